The highest BCUT2D eigenvalue weighted by Gasteiger charge is 2.01. The fourth-order valence-corrected chi connectivity index (χ4v) is 1.19. The topological polar surface area (TPSA) is 49.1 Å². The summed E-state index contributed by atoms with van der Waals surface area (Å²) in [5.41, 5.74) is 1.43. The maximum Gasteiger partial charge on any atom is 0.142 e. The minimum atomic E-state index is 0.441. The first-order valence-corrected chi connectivity index (χ1v) is 4.93. The molecular weight excluding hydrogens is 190 g/mol. The predicted molar refractivity (Wildman–Crippen MR) is 58.7 cm³/mol. The summed E-state index contributed by atoms with van der Waals surface area (Å²) in [6, 6.07) is 5.67. The van der Waals surface area contributed by atoms with Crippen LogP contribution in [0.15, 0.2) is 18.3 Å². The molecule has 4 nitrogen and oxygen atoms in total. The van der Waals surface area contributed by atoms with Gasteiger partial charge in [-0.1, -0.05) is 0 Å². The van der Waals surface area contributed by atoms with Gasteiger partial charge in [-0.25, -0.2) is 4.98 Å². The van der Waals surface area contributed by atoms with Crippen LogP contribution in [0.2, 0.25) is 0 Å². The standard InChI is InChI=1S/C11H15N3O/c1-3-15-7-6-14(2)11-4-5-13-10(8-11)9-12/h4-5,8H,3,6-7H2,1-2H3. The van der Waals surface area contributed by atoms with Gasteiger partial charge in [-0.2, -0.15) is 5.26 Å². The van der Waals surface area contributed by atoms with Crippen molar-refractivity contribution >= 4 is 5.69 Å². The molecule has 1 aromatic heterocycles. The number of rotatable bonds is 5. The van der Waals surface area contributed by atoms with Crippen LogP contribution in [0.5, 0.6) is 0 Å². The van der Waals surface area contributed by atoms with E-state index in [2.05, 4.69) is 4.98 Å². The molecule has 1 rings (SSSR count). The molecule has 0 N–H and O–H groups in total. The summed E-state index contributed by atoms with van der Waals surface area (Å²) in [6.07, 6.45) is 1.64. The number of pyridine rings is 1. The summed E-state index contributed by atoms with van der Waals surface area (Å²) in [5, 5.41) is 8.70. The third kappa shape index (κ3) is 3.56. The molecule has 0 radical (unpaired) electrons. The molecule has 0 spiro atoms. The highest BCUT2D eigenvalue weighted by Crippen LogP contribution is 2.11. The minimum absolute atomic E-state index is 0.441. The van der Waals surface area contributed by atoms with E-state index in [4.69, 9.17) is 10.00 Å². The molecule has 80 valence electrons. The largest absolute Gasteiger partial charge is 0.380 e. The number of likely N-dealkylation sites (N-methyl/N-ethyl adjacent to an activating group) is 1. The summed E-state index contributed by atoms with van der Waals surface area (Å²) >= 11 is 0. The number of hydrogen-bond donors (Lipinski definition) is 0. The fraction of sp³-hybridized carbons (Fsp3) is 0.455. The Morgan fingerprint density at radius 3 is 3.07 bits per heavy atom. The van der Waals surface area contributed by atoms with Crippen molar-refractivity contribution < 1.29 is 4.74 Å². The summed E-state index contributed by atoms with van der Waals surface area (Å²) in [5.74, 6) is 0. The normalized spacial score (nSPS) is 9.67. The minimum Gasteiger partial charge on any atom is -0.380 e. The van der Waals surface area contributed by atoms with Crippen molar-refractivity contribution in [2.45, 2.75) is 6.92 Å². The van der Waals surface area contributed by atoms with Gasteiger partial charge < -0.3 is 9.64 Å². The number of hydrogen-bond acceptors (Lipinski definition) is 4. The highest BCUT2D eigenvalue weighted by molar-refractivity contribution is 5.47. The molecule has 1 heterocycles. The first-order chi connectivity index (χ1) is 7.27. The molecule has 0 bridgehead atoms. The molecule has 0 amide bonds. The van der Waals surface area contributed by atoms with Crippen molar-refractivity contribution in [1.29, 1.82) is 5.26 Å². The molecule has 0 saturated heterocycles. The maximum absolute atomic E-state index is 8.70. The van der Waals surface area contributed by atoms with Gasteiger partial charge in [0.2, 0.25) is 0 Å². The second-order valence-corrected chi connectivity index (χ2v) is 3.13. The molecule has 0 aliphatic rings. The fourth-order valence-electron chi connectivity index (χ4n) is 1.19. The van der Waals surface area contributed by atoms with E-state index < -0.39 is 0 Å². The third-order valence-electron chi connectivity index (χ3n) is 2.07. The number of anilines is 1. The summed E-state index contributed by atoms with van der Waals surface area (Å²) < 4.78 is 5.26. The Balaban J connectivity index is 2.57. The predicted octanol–water partition coefficient (Wildman–Crippen LogP) is 1.43. The zero-order chi connectivity index (χ0) is 11.1. The lowest BCUT2D eigenvalue weighted by atomic mass is 10.3. The highest BCUT2D eigenvalue weighted by atomic mass is 16.5. The van der Waals surface area contributed by atoms with Crippen LogP contribution in [-0.4, -0.2) is 31.8 Å². The number of ether oxygens (including phenoxy) is 1. The van der Waals surface area contributed by atoms with Crippen LogP contribution in [-0.2, 0) is 4.74 Å². The van der Waals surface area contributed by atoms with E-state index in [-0.39, 0.29) is 0 Å². The summed E-state index contributed by atoms with van der Waals surface area (Å²) in [4.78, 5) is 5.96. The maximum atomic E-state index is 8.70. The average molecular weight is 205 g/mol. The van der Waals surface area contributed by atoms with E-state index in [1.165, 1.54) is 0 Å². The van der Waals surface area contributed by atoms with Crippen LogP contribution in [0.1, 0.15) is 12.6 Å². The molecule has 0 aliphatic carbocycles. The van der Waals surface area contributed by atoms with E-state index in [1.54, 1.807) is 12.3 Å². The number of nitrogens with zero attached hydrogens (tertiary/aromatic N) is 3. The van der Waals surface area contributed by atoms with E-state index in [1.807, 2.05) is 31.0 Å². The van der Waals surface area contributed by atoms with Crippen molar-refractivity contribution in [3.05, 3.63) is 24.0 Å². The van der Waals surface area contributed by atoms with E-state index in [9.17, 15) is 0 Å². The molecule has 0 aliphatic heterocycles. The van der Waals surface area contributed by atoms with Crippen molar-refractivity contribution in [3.63, 3.8) is 0 Å². The molecular formula is C11H15N3O. The van der Waals surface area contributed by atoms with Crippen molar-refractivity contribution in [2.24, 2.45) is 0 Å². The Hall–Kier alpha value is -1.60. The lowest BCUT2D eigenvalue weighted by molar-refractivity contribution is 0.154. The van der Waals surface area contributed by atoms with Crippen LogP contribution in [0.4, 0.5) is 5.69 Å². The van der Waals surface area contributed by atoms with Gasteiger partial charge in [0, 0.05) is 32.1 Å². The Labute approximate surface area is 90.1 Å². The Morgan fingerprint density at radius 1 is 1.60 bits per heavy atom. The van der Waals surface area contributed by atoms with Crippen LogP contribution in [0.3, 0.4) is 0 Å². The lowest BCUT2D eigenvalue weighted by Gasteiger charge is -2.18. The first-order valence-electron chi connectivity index (χ1n) is 4.93. The van der Waals surface area contributed by atoms with Crippen molar-refractivity contribution in [2.75, 3.05) is 31.7 Å². The van der Waals surface area contributed by atoms with Gasteiger partial charge in [0.15, 0.2) is 0 Å². The molecule has 15 heavy (non-hydrogen) atoms. The second-order valence-electron chi connectivity index (χ2n) is 3.13. The van der Waals surface area contributed by atoms with Crippen LogP contribution >= 0.6 is 0 Å². The zero-order valence-corrected chi connectivity index (χ0v) is 9.10. The van der Waals surface area contributed by atoms with E-state index >= 15 is 0 Å². The van der Waals surface area contributed by atoms with Crippen LogP contribution in [0, 0.1) is 11.3 Å². The smallest absolute Gasteiger partial charge is 0.142 e. The van der Waals surface area contributed by atoms with Gasteiger partial charge >= 0.3 is 0 Å². The lowest BCUT2D eigenvalue weighted by Crippen LogP contribution is -2.22. The summed E-state index contributed by atoms with van der Waals surface area (Å²) in [6.45, 7) is 4.20. The van der Waals surface area contributed by atoms with Gasteiger partial charge in [-0.3, -0.25) is 0 Å². The number of aromatic nitrogens is 1. The number of nitriles is 1. The first kappa shape index (κ1) is 11.5. The quantitative estimate of drug-likeness (QED) is 0.682. The van der Waals surface area contributed by atoms with E-state index in [0.717, 1.165) is 18.8 Å². The molecule has 0 fully saturated rings. The van der Waals surface area contributed by atoms with Gasteiger partial charge in [0.05, 0.1) is 6.61 Å². The molecule has 0 atom stereocenters. The molecule has 4 heteroatoms. The molecule has 1 aromatic rings. The Bertz CT molecular complexity index is 346. The van der Waals surface area contributed by atoms with Crippen molar-refractivity contribution in [3.8, 4) is 6.07 Å². The monoisotopic (exact) mass is 205 g/mol. The third-order valence-corrected chi connectivity index (χ3v) is 2.07. The van der Waals surface area contributed by atoms with Crippen molar-refractivity contribution in [1.82, 2.24) is 4.98 Å². The molecule has 0 saturated carbocycles. The Kier molecular flexibility index (Phi) is 4.58. The molecule has 0 unspecified atom stereocenters. The second kappa shape index (κ2) is 5.99. The van der Waals surface area contributed by atoms with Crippen LogP contribution < -0.4 is 4.90 Å². The SMILES string of the molecule is CCOCCN(C)c1ccnc(C#N)c1. The van der Waals surface area contributed by atoms with Crippen LogP contribution in [0.25, 0.3) is 0 Å². The summed E-state index contributed by atoms with van der Waals surface area (Å²) in [7, 11) is 1.97. The Morgan fingerprint density at radius 2 is 2.40 bits per heavy atom. The average Bonchev–Trinajstić information content (AvgIpc) is 2.29. The van der Waals surface area contributed by atoms with Gasteiger partial charge in [0.1, 0.15) is 11.8 Å². The van der Waals surface area contributed by atoms with Gasteiger partial charge in [0.25, 0.3) is 0 Å². The molecule has 0 aromatic carbocycles. The van der Waals surface area contributed by atoms with Gasteiger partial charge in [-0.15, -0.1) is 0 Å². The zero-order valence-electron chi connectivity index (χ0n) is 9.10. The van der Waals surface area contributed by atoms with E-state index in [0.29, 0.717) is 12.3 Å². The van der Waals surface area contributed by atoms with Gasteiger partial charge in [-0.05, 0) is 19.1 Å².